The molecule has 0 saturated carbocycles. The van der Waals surface area contributed by atoms with E-state index in [9.17, 15) is 0 Å². The van der Waals surface area contributed by atoms with Crippen molar-refractivity contribution in [2.24, 2.45) is 0 Å². The molecule has 15 heavy (non-hydrogen) atoms. The third-order valence-electron chi connectivity index (χ3n) is 2.17. The van der Waals surface area contributed by atoms with Crippen molar-refractivity contribution in [3.05, 3.63) is 41.1 Å². The summed E-state index contributed by atoms with van der Waals surface area (Å²) >= 11 is 1.73. The van der Waals surface area contributed by atoms with E-state index in [0.29, 0.717) is 6.04 Å². The number of nitrogens with one attached hydrogen (secondary N) is 1. The lowest BCUT2D eigenvalue weighted by atomic mass is 10.1. The van der Waals surface area contributed by atoms with Gasteiger partial charge in [-0.15, -0.1) is 0 Å². The van der Waals surface area contributed by atoms with E-state index in [1.54, 1.807) is 11.3 Å². The molecule has 1 aromatic carbocycles. The molecule has 0 unspecified atom stereocenters. The number of benzene rings is 1. The Morgan fingerprint density at radius 1 is 1.13 bits per heavy atom. The molecule has 0 fully saturated rings. The average Bonchev–Trinajstić information content (AvgIpc) is 2.69. The van der Waals surface area contributed by atoms with E-state index in [4.69, 9.17) is 0 Å². The van der Waals surface area contributed by atoms with E-state index < -0.39 is 0 Å². The molecule has 0 aliphatic carbocycles. The van der Waals surface area contributed by atoms with Crippen LogP contribution in [0.1, 0.15) is 13.8 Å². The van der Waals surface area contributed by atoms with Crippen molar-refractivity contribution in [3.63, 3.8) is 0 Å². The van der Waals surface area contributed by atoms with E-state index in [1.165, 1.54) is 16.8 Å². The Morgan fingerprint density at radius 3 is 2.67 bits per heavy atom. The monoisotopic (exact) mass is 217 g/mol. The van der Waals surface area contributed by atoms with Crippen molar-refractivity contribution < 1.29 is 0 Å². The van der Waals surface area contributed by atoms with Gasteiger partial charge in [0.1, 0.15) is 0 Å². The third-order valence-corrected chi connectivity index (χ3v) is 2.86. The summed E-state index contributed by atoms with van der Waals surface area (Å²) in [5.74, 6) is 0. The molecule has 0 aliphatic rings. The number of hydrogen-bond acceptors (Lipinski definition) is 2. The van der Waals surface area contributed by atoms with Gasteiger partial charge in [-0.3, -0.25) is 0 Å². The highest BCUT2D eigenvalue weighted by atomic mass is 32.1. The Bertz CT molecular complexity index is 418. The Kier molecular flexibility index (Phi) is 3.07. The first-order valence-electron chi connectivity index (χ1n) is 5.15. The maximum absolute atomic E-state index is 3.41. The topological polar surface area (TPSA) is 12.0 Å². The van der Waals surface area contributed by atoms with Crippen molar-refractivity contribution in [2.45, 2.75) is 19.9 Å². The molecule has 2 heteroatoms. The average molecular weight is 217 g/mol. The Balaban J connectivity index is 2.27. The van der Waals surface area contributed by atoms with Gasteiger partial charge in [0.15, 0.2) is 0 Å². The molecule has 0 saturated heterocycles. The van der Waals surface area contributed by atoms with Crippen LogP contribution in [0.4, 0.5) is 5.69 Å². The van der Waals surface area contributed by atoms with E-state index in [2.05, 4.69) is 60.3 Å². The van der Waals surface area contributed by atoms with Gasteiger partial charge in [0.2, 0.25) is 0 Å². The highest BCUT2D eigenvalue weighted by molar-refractivity contribution is 7.08. The summed E-state index contributed by atoms with van der Waals surface area (Å²) in [7, 11) is 0. The number of rotatable bonds is 3. The molecule has 0 atom stereocenters. The van der Waals surface area contributed by atoms with Crippen LogP contribution in [-0.2, 0) is 0 Å². The van der Waals surface area contributed by atoms with Crippen LogP contribution in [0.3, 0.4) is 0 Å². The predicted molar refractivity (Wildman–Crippen MR) is 68.5 cm³/mol. The molecule has 2 aromatic rings. The minimum Gasteiger partial charge on any atom is -0.383 e. The summed E-state index contributed by atoms with van der Waals surface area (Å²) in [6.07, 6.45) is 0. The highest BCUT2D eigenvalue weighted by Gasteiger charge is 2.00. The number of anilines is 1. The van der Waals surface area contributed by atoms with Gasteiger partial charge in [0.05, 0.1) is 0 Å². The summed E-state index contributed by atoms with van der Waals surface area (Å²) in [6, 6.07) is 11.2. The fourth-order valence-corrected chi connectivity index (χ4v) is 2.22. The molecule has 78 valence electrons. The Hall–Kier alpha value is -1.28. The summed E-state index contributed by atoms with van der Waals surface area (Å²) in [5.41, 5.74) is 3.77. The van der Waals surface area contributed by atoms with Gasteiger partial charge in [-0.2, -0.15) is 11.3 Å². The molecule has 0 aliphatic heterocycles. The number of hydrogen-bond donors (Lipinski definition) is 1. The van der Waals surface area contributed by atoms with Gasteiger partial charge >= 0.3 is 0 Å². The Morgan fingerprint density at radius 2 is 2.00 bits per heavy atom. The van der Waals surface area contributed by atoms with Crippen LogP contribution in [0.2, 0.25) is 0 Å². The normalized spacial score (nSPS) is 10.6. The summed E-state index contributed by atoms with van der Waals surface area (Å²) in [6.45, 7) is 4.30. The first kappa shape index (κ1) is 10.2. The van der Waals surface area contributed by atoms with Crippen molar-refractivity contribution >= 4 is 17.0 Å². The summed E-state index contributed by atoms with van der Waals surface area (Å²) in [4.78, 5) is 0. The van der Waals surface area contributed by atoms with Crippen molar-refractivity contribution in [1.29, 1.82) is 0 Å². The maximum Gasteiger partial charge on any atom is 0.0348 e. The molecule has 2 rings (SSSR count). The second kappa shape index (κ2) is 4.49. The van der Waals surface area contributed by atoms with Crippen LogP contribution in [0.5, 0.6) is 0 Å². The van der Waals surface area contributed by atoms with Crippen LogP contribution < -0.4 is 5.32 Å². The third kappa shape index (κ3) is 2.60. The minimum absolute atomic E-state index is 0.475. The van der Waals surface area contributed by atoms with Gasteiger partial charge in [-0.1, -0.05) is 12.1 Å². The van der Waals surface area contributed by atoms with Crippen molar-refractivity contribution in [3.8, 4) is 11.1 Å². The molecule has 0 amide bonds. The lowest BCUT2D eigenvalue weighted by molar-refractivity contribution is 0.900. The smallest absolute Gasteiger partial charge is 0.0348 e. The van der Waals surface area contributed by atoms with E-state index in [1.807, 2.05) is 0 Å². The van der Waals surface area contributed by atoms with Crippen LogP contribution in [0.25, 0.3) is 11.1 Å². The number of thiophene rings is 1. The zero-order chi connectivity index (χ0) is 10.7. The quantitative estimate of drug-likeness (QED) is 0.811. The molecule has 1 heterocycles. The van der Waals surface area contributed by atoms with Gasteiger partial charge in [-0.25, -0.2) is 0 Å². The largest absolute Gasteiger partial charge is 0.383 e. The lowest BCUT2D eigenvalue weighted by Crippen LogP contribution is -2.09. The predicted octanol–water partition coefficient (Wildman–Crippen LogP) is 4.24. The highest BCUT2D eigenvalue weighted by Crippen LogP contribution is 2.24. The molecule has 0 spiro atoms. The van der Waals surface area contributed by atoms with Crippen molar-refractivity contribution in [1.82, 2.24) is 0 Å². The van der Waals surface area contributed by atoms with Crippen LogP contribution in [-0.4, -0.2) is 6.04 Å². The zero-order valence-corrected chi connectivity index (χ0v) is 9.84. The zero-order valence-electron chi connectivity index (χ0n) is 9.03. The molecule has 1 aromatic heterocycles. The van der Waals surface area contributed by atoms with Gasteiger partial charge in [0, 0.05) is 11.7 Å². The molecule has 0 bridgehead atoms. The lowest BCUT2D eigenvalue weighted by Gasteiger charge is -2.10. The van der Waals surface area contributed by atoms with E-state index in [-0.39, 0.29) is 0 Å². The second-order valence-corrected chi connectivity index (χ2v) is 4.67. The minimum atomic E-state index is 0.475. The fraction of sp³-hybridized carbons (Fsp3) is 0.231. The Labute approximate surface area is 94.8 Å². The standard InChI is InChI=1S/C13H15NS/c1-10(2)14-13-5-3-4-11(8-13)12-6-7-15-9-12/h3-10,14H,1-2H3. The van der Waals surface area contributed by atoms with Crippen LogP contribution in [0, 0.1) is 0 Å². The van der Waals surface area contributed by atoms with E-state index >= 15 is 0 Å². The molecule has 1 nitrogen and oxygen atoms in total. The van der Waals surface area contributed by atoms with Gasteiger partial charge in [-0.05, 0) is 53.9 Å². The van der Waals surface area contributed by atoms with Gasteiger partial charge < -0.3 is 5.32 Å². The SMILES string of the molecule is CC(C)Nc1cccc(-c2ccsc2)c1. The summed E-state index contributed by atoms with van der Waals surface area (Å²) < 4.78 is 0. The van der Waals surface area contributed by atoms with Gasteiger partial charge in [0.25, 0.3) is 0 Å². The summed E-state index contributed by atoms with van der Waals surface area (Å²) in [5, 5.41) is 7.69. The molecule has 1 N–H and O–H groups in total. The molecular weight excluding hydrogens is 202 g/mol. The molecule has 0 radical (unpaired) electrons. The maximum atomic E-state index is 3.41. The molecular formula is C13H15NS. The first-order chi connectivity index (χ1) is 7.25. The fourth-order valence-electron chi connectivity index (χ4n) is 1.55. The first-order valence-corrected chi connectivity index (χ1v) is 6.09. The van der Waals surface area contributed by atoms with Crippen LogP contribution >= 0.6 is 11.3 Å². The van der Waals surface area contributed by atoms with E-state index in [0.717, 1.165) is 0 Å². The van der Waals surface area contributed by atoms with Crippen molar-refractivity contribution in [2.75, 3.05) is 5.32 Å². The second-order valence-electron chi connectivity index (χ2n) is 3.89. The van der Waals surface area contributed by atoms with Crippen LogP contribution in [0.15, 0.2) is 41.1 Å².